The largest absolute Gasteiger partial charge is 0.461 e. The highest BCUT2D eigenvalue weighted by atomic mass is 79.9. The molecular weight excluding hydrogens is 384 g/mol. The number of carbonyl (C=O) groups excluding carboxylic acids is 2. The van der Waals surface area contributed by atoms with E-state index in [0.29, 0.717) is 6.07 Å². The molecule has 0 saturated heterocycles. The van der Waals surface area contributed by atoms with Crippen molar-refractivity contribution in [3.63, 3.8) is 0 Å². The van der Waals surface area contributed by atoms with E-state index in [1.165, 1.54) is 0 Å². The van der Waals surface area contributed by atoms with Crippen LogP contribution >= 0.6 is 15.9 Å². The third kappa shape index (κ3) is 5.42. The number of hydrogen-bond acceptors (Lipinski definition) is 3. The molecule has 0 atom stereocenters. The van der Waals surface area contributed by atoms with Gasteiger partial charge in [-0.25, -0.2) is 8.78 Å². The van der Waals surface area contributed by atoms with Gasteiger partial charge in [-0.2, -0.15) is 0 Å². The second-order valence-electron chi connectivity index (χ2n) is 4.92. The molecule has 4 nitrogen and oxygen atoms in total. The van der Waals surface area contributed by atoms with E-state index in [2.05, 4.69) is 21.2 Å². The first-order valence-corrected chi connectivity index (χ1v) is 7.88. The highest BCUT2D eigenvalue weighted by Crippen LogP contribution is 2.11. The van der Waals surface area contributed by atoms with Crippen LogP contribution < -0.4 is 5.32 Å². The molecule has 0 saturated carbocycles. The van der Waals surface area contributed by atoms with Crippen LogP contribution in [-0.4, -0.2) is 18.4 Å². The average Bonchev–Trinajstić information content (AvgIpc) is 2.54. The Kier molecular flexibility index (Phi) is 6.43. The Hall–Kier alpha value is -2.28. The lowest BCUT2D eigenvalue weighted by atomic mass is 10.2. The van der Waals surface area contributed by atoms with Crippen LogP contribution in [0, 0.1) is 11.6 Å². The number of esters is 1. The van der Waals surface area contributed by atoms with Crippen LogP contribution in [0.4, 0.5) is 8.78 Å². The zero-order valence-corrected chi connectivity index (χ0v) is 14.1. The summed E-state index contributed by atoms with van der Waals surface area (Å²) < 4.78 is 32.2. The molecule has 126 valence electrons. The van der Waals surface area contributed by atoms with Crippen LogP contribution in [-0.2, 0) is 16.1 Å². The van der Waals surface area contributed by atoms with Gasteiger partial charge in [-0.05, 0) is 29.8 Å². The Morgan fingerprint density at radius 3 is 2.46 bits per heavy atom. The maximum absolute atomic E-state index is 13.4. The standard InChI is InChI=1S/C17H14BrF2NO3/c18-12-3-1-11(2-4-12)10-24-16(22)7-8-21-17(23)14-6-5-13(19)9-15(14)20/h1-6,9H,7-8,10H2,(H,21,23). The van der Waals surface area contributed by atoms with Crippen LogP contribution in [0.25, 0.3) is 0 Å². The number of amides is 1. The number of benzene rings is 2. The van der Waals surface area contributed by atoms with Gasteiger partial charge in [0, 0.05) is 17.1 Å². The number of carbonyl (C=O) groups is 2. The maximum Gasteiger partial charge on any atom is 0.307 e. The van der Waals surface area contributed by atoms with Crippen molar-refractivity contribution in [1.29, 1.82) is 0 Å². The molecule has 0 aromatic heterocycles. The lowest BCUT2D eigenvalue weighted by Gasteiger charge is -2.07. The number of halogens is 3. The molecular formula is C17H14BrF2NO3. The van der Waals surface area contributed by atoms with Crippen molar-refractivity contribution >= 4 is 27.8 Å². The summed E-state index contributed by atoms with van der Waals surface area (Å²) in [5.74, 6) is -2.92. The maximum atomic E-state index is 13.4. The van der Waals surface area contributed by atoms with E-state index in [9.17, 15) is 18.4 Å². The Morgan fingerprint density at radius 2 is 1.79 bits per heavy atom. The molecule has 0 bridgehead atoms. The van der Waals surface area contributed by atoms with Gasteiger partial charge in [-0.1, -0.05) is 28.1 Å². The Bertz CT molecular complexity index is 735. The summed E-state index contributed by atoms with van der Waals surface area (Å²) in [5.41, 5.74) is 0.559. The average molecular weight is 398 g/mol. The summed E-state index contributed by atoms with van der Waals surface area (Å²) in [7, 11) is 0. The number of rotatable bonds is 6. The second kappa shape index (κ2) is 8.54. The van der Waals surface area contributed by atoms with E-state index in [1.54, 1.807) is 0 Å². The fourth-order valence-electron chi connectivity index (χ4n) is 1.86. The van der Waals surface area contributed by atoms with Crippen LogP contribution in [0.3, 0.4) is 0 Å². The van der Waals surface area contributed by atoms with E-state index < -0.39 is 23.5 Å². The fraction of sp³-hybridized carbons (Fsp3) is 0.176. The van der Waals surface area contributed by atoms with E-state index in [-0.39, 0.29) is 25.1 Å². The van der Waals surface area contributed by atoms with Crippen LogP contribution in [0.2, 0.25) is 0 Å². The van der Waals surface area contributed by atoms with Crippen molar-refractivity contribution in [2.75, 3.05) is 6.54 Å². The zero-order valence-electron chi connectivity index (χ0n) is 12.5. The molecule has 0 spiro atoms. The SMILES string of the molecule is O=C(CCNC(=O)c1ccc(F)cc1F)OCc1ccc(Br)cc1. The molecule has 0 aliphatic carbocycles. The third-order valence-electron chi connectivity index (χ3n) is 3.10. The summed E-state index contributed by atoms with van der Waals surface area (Å²) >= 11 is 3.31. The molecule has 7 heteroatoms. The molecule has 0 aliphatic rings. The minimum Gasteiger partial charge on any atom is -0.461 e. The Labute approximate surface area is 145 Å². The van der Waals surface area contributed by atoms with Gasteiger partial charge in [0.1, 0.15) is 18.2 Å². The first-order valence-electron chi connectivity index (χ1n) is 7.09. The van der Waals surface area contributed by atoms with Gasteiger partial charge in [0.05, 0.1) is 12.0 Å². The van der Waals surface area contributed by atoms with E-state index in [1.807, 2.05) is 24.3 Å². The van der Waals surface area contributed by atoms with Crippen molar-refractivity contribution in [2.24, 2.45) is 0 Å². The minimum atomic E-state index is -0.953. The number of nitrogens with one attached hydrogen (secondary N) is 1. The van der Waals surface area contributed by atoms with Crippen molar-refractivity contribution in [2.45, 2.75) is 13.0 Å². The van der Waals surface area contributed by atoms with Gasteiger partial charge in [-0.3, -0.25) is 9.59 Å². The lowest BCUT2D eigenvalue weighted by molar-refractivity contribution is -0.144. The van der Waals surface area contributed by atoms with Crippen LogP contribution in [0.15, 0.2) is 46.9 Å². The molecule has 2 aromatic rings. The van der Waals surface area contributed by atoms with Gasteiger partial charge < -0.3 is 10.1 Å². The van der Waals surface area contributed by atoms with Crippen molar-refractivity contribution in [3.05, 3.63) is 69.7 Å². The lowest BCUT2D eigenvalue weighted by Crippen LogP contribution is -2.27. The Morgan fingerprint density at radius 1 is 1.08 bits per heavy atom. The first kappa shape index (κ1) is 18.1. The molecule has 0 unspecified atom stereocenters. The van der Waals surface area contributed by atoms with Crippen molar-refractivity contribution in [3.8, 4) is 0 Å². The highest BCUT2D eigenvalue weighted by Gasteiger charge is 2.12. The van der Waals surface area contributed by atoms with Crippen LogP contribution in [0.5, 0.6) is 0 Å². The molecule has 2 rings (SSSR count). The summed E-state index contributed by atoms with van der Waals surface area (Å²) in [6, 6.07) is 9.96. The predicted octanol–water partition coefficient (Wildman–Crippen LogP) is 3.59. The van der Waals surface area contributed by atoms with Gasteiger partial charge >= 0.3 is 5.97 Å². The topological polar surface area (TPSA) is 55.4 Å². The predicted molar refractivity (Wildman–Crippen MR) is 87.2 cm³/mol. The number of ether oxygens (including phenoxy) is 1. The molecule has 0 aliphatic heterocycles. The van der Waals surface area contributed by atoms with E-state index >= 15 is 0 Å². The quantitative estimate of drug-likeness (QED) is 0.757. The normalized spacial score (nSPS) is 10.3. The fourth-order valence-corrected chi connectivity index (χ4v) is 2.13. The summed E-state index contributed by atoms with van der Waals surface area (Å²) in [4.78, 5) is 23.3. The zero-order chi connectivity index (χ0) is 17.5. The smallest absolute Gasteiger partial charge is 0.307 e. The third-order valence-corrected chi connectivity index (χ3v) is 3.63. The molecule has 0 fully saturated rings. The summed E-state index contributed by atoms with van der Waals surface area (Å²) in [6.07, 6.45) is -0.0505. The van der Waals surface area contributed by atoms with Crippen molar-refractivity contribution < 1.29 is 23.1 Å². The van der Waals surface area contributed by atoms with Gasteiger partial charge in [0.2, 0.25) is 0 Å². The summed E-state index contributed by atoms with van der Waals surface area (Å²) in [5, 5.41) is 2.39. The first-order chi connectivity index (χ1) is 11.5. The van der Waals surface area contributed by atoms with Crippen molar-refractivity contribution in [1.82, 2.24) is 5.32 Å². The van der Waals surface area contributed by atoms with Gasteiger partial charge in [0.25, 0.3) is 5.91 Å². The van der Waals surface area contributed by atoms with Gasteiger partial charge in [-0.15, -0.1) is 0 Å². The molecule has 1 amide bonds. The Balaban J connectivity index is 1.74. The summed E-state index contributed by atoms with van der Waals surface area (Å²) in [6.45, 7) is 0.126. The second-order valence-corrected chi connectivity index (χ2v) is 5.83. The van der Waals surface area contributed by atoms with Gasteiger partial charge in [0.15, 0.2) is 0 Å². The molecule has 0 radical (unpaired) electrons. The van der Waals surface area contributed by atoms with E-state index in [0.717, 1.165) is 22.2 Å². The minimum absolute atomic E-state index is 0.00514. The molecule has 1 N–H and O–H groups in total. The molecule has 24 heavy (non-hydrogen) atoms. The highest BCUT2D eigenvalue weighted by molar-refractivity contribution is 9.10. The van der Waals surface area contributed by atoms with Crippen LogP contribution in [0.1, 0.15) is 22.3 Å². The molecule has 0 heterocycles. The number of hydrogen-bond donors (Lipinski definition) is 1. The van der Waals surface area contributed by atoms with E-state index in [4.69, 9.17) is 4.74 Å². The molecule has 2 aromatic carbocycles. The monoisotopic (exact) mass is 397 g/mol.